The van der Waals surface area contributed by atoms with Crippen molar-refractivity contribution in [3.05, 3.63) is 101 Å². The molecule has 0 saturated carbocycles. The molecule has 4 rings (SSSR count). The Morgan fingerprint density at radius 2 is 1.66 bits per heavy atom. The highest BCUT2D eigenvalue weighted by Crippen LogP contribution is 2.34. The van der Waals surface area contributed by atoms with Crippen LogP contribution in [0.2, 0.25) is 0 Å². The molecule has 1 saturated heterocycles. The van der Waals surface area contributed by atoms with Gasteiger partial charge in [-0.3, -0.25) is 0 Å². The lowest BCUT2D eigenvalue weighted by Crippen LogP contribution is -2.41. The third-order valence-corrected chi connectivity index (χ3v) is 6.38. The van der Waals surface area contributed by atoms with E-state index in [1.54, 1.807) is 0 Å². The molecule has 206 valence electrons. The summed E-state index contributed by atoms with van der Waals surface area (Å²) in [5.41, 5.74) is 1.10. The minimum absolute atomic E-state index is 0. The van der Waals surface area contributed by atoms with Gasteiger partial charge in [-0.2, -0.15) is 13.2 Å². The largest absolute Gasteiger partial charge is 0.494 e. The Bertz CT molecular complexity index is 1110. The van der Waals surface area contributed by atoms with Gasteiger partial charge in [0.25, 0.3) is 0 Å². The van der Waals surface area contributed by atoms with Gasteiger partial charge in [0.15, 0.2) is 0 Å². The second-order valence-electron chi connectivity index (χ2n) is 9.06. The predicted octanol–water partition coefficient (Wildman–Crippen LogP) is 6.91. The second kappa shape index (κ2) is 14.5. The van der Waals surface area contributed by atoms with Crippen molar-refractivity contribution in [3.63, 3.8) is 0 Å². The molecule has 1 heterocycles. The fourth-order valence-electron chi connectivity index (χ4n) is 4.45. The first kappa shape index (κ1) is 29.9. The average Bonchev–Trinajstić information content (AvgIpc) is 2.90. The number of ether oxygens (including phenoxy) is 3. The van der Waals surface area contributed by atoms with Crippen molar-refractivity contribution in [2.75, 3.05) is 26.3 Å². The summed E-state index contributed by atoms with van der Waals surface area (Å²) in [6.45, 7) is 2.78. The number of hydrogen-bond donors (Lipinski definition) is 1. The van der Waals surface area contributed by atoms with Crippen LogP contribution in [0.25, 0.3) is 0 Å². The van der Waals surface area contributed by atoms with Crippen LogP contribution in [0, 0.1) is 5.82 Å². The number of rotatable bonds is 11. The number of alkyl halides is 3. The van der Waals surface area contributed by atoms with E-state index in [9.17, 15) is 17.6 Å². The summed E-state index contributed by atoms with van der Waals surface area (Å²) in [5.74, 6) is -0.147. The number of nitrogens with one attached hydrogen (secondary N) is 1. The minimum Gasteiger partial charge on any atom is -0.494 e. The minimum atomic E-state index is -4.64. The SMILES string of the molecule is Cl.Fc1ccc(COC2CNCCC2c2ccc(OCCCOCc3ccccc3)cc2)c(C(F)(F)F)c1. The van der Waals surface area contributed by atoms with Gasteiger partial charge in [0, 0.05) is 18.9 Å². The van der Waals surface area contributed by atoms with Crippen LogP contribution in [0.1, 0.15) is 41.0 Å². The van der Waals surface area contributed by atoms with Crippen molar-refractivity contribution in [3.8, 4) is 5.75 Å². The maximum atomic E-state index is 13.4. The first-order valence-corrected chi connectivity index (χ1v) is 12.4. The molecule has 2 atom stereocenters. The van der Waals surface area contributed by atoms with Crippen LogP contribution in [-0.4, -0.2) is 32.4 Å². The lowest BCUT2D eigenvalue weighted by molar-refractivity contribution is -0.139. The van der Waals surface area contributed by atoms with Crippen LogP contribution >= 0.6 is 12.4 Å². The standard InChI is InChI=1S/C29H31F4NO3.ClH/c30-24-10-7-23(27(17-24)29(31,32)33)20-37-28-18-34-14-13-26(28)22-8-11-25(12-9-22)36-16-4-15-35-19-21-5-2-1-3-6-21;/h1-3,5-12,17,26,28,34H,4,13-16,18-20H2;1H. The van der Waals surface area contributed by atoms with E-state index in [1.807, 2.05) is 54.6 Å². The van der Waals surface area contributed by atoms with Crippen LogP contribution in [0.5, 0.6) is 5.75 Å². The Balaban J connectivity index is 0.00000400. The van der Waals surface area contributed by atoms with Crippen molar-refractivity contribution in [2.24, 2.45) is 0 Å². The third kappa shape index (κ3) is 8.70. The molecule has 1 N–H and O–H groups in total. The molecule has 1 aliphatic heterocycles. The monoisotopic (exact) mass is 553 g/mol. The van der Waals surface area contributed by atoms with E-state index in [2.05, 4.69) is 5.32 Å². The number of piperidine rings is 1. The topological polar surface area (TPSA) is 39.7 Å². The maximum absolute atomic E-state index is 13.4. The molecule has 2 unspecified atom stereocenters. The molecular weight excluding hydrogens is 522 g/mol. The fourth-order valence-corrected chi connectivity index (χ4v) is 4.45. The second-order valence-corrected chi connectivity index (χ2v) is 9.06. The molecule has 1 aliphatic rings. The molecule has 4 nitrogen and oxygen atoms in total. The van der Waals surface area contributed by atoms with E-state index in [-0.39, 0.29) is 36.6 Å². The highest BCUT2D eigenvalue weighted by molar-refractivity contribution is 5.85. The lowest BCUT2D eigenvalue weighted by Gasteiger charge is -2.33. The van der Waals surface area contributed by atoms with E-state index >= 15 is 0 Å². The van der Waals surface area contributed by atoms with Gasteiger partial charge in [-0.1, -0.05) is 48.5 Å². The summed E-state index contributed by atoms with van der Waals surface area (Å²) >= 11 is 0. The first-order valence-electron chi connectivity index (χ1n) is 12.4. The normalized spacial score (nSPS) is 17.6. The first-order chi connectivity index (χ1) is 17.9. The van der Waals surface area contributed by atoms with Crippen LogP contribution in [0.15, 0.2) is 72.8 Å². The lowest BCUT2D eigenvalue weighted by atomic mass is 9.87. The van der Waals surface area contributed by atoms with E-state index in [0.29, 0.717) is 32.4 Å². The van der Waals surface area contributed by atoms with Gasteiger partial charge < -0.3 is 19.5 Å². The smallest absolute Gasteiger partial charge is 0.416 e. The molecule has 3 aromatic carbocycles. The van der Waals surface area contributed by atoms with Crippen molar-refractivity contribution in [1.82, 2.24) is 5.32 Å². The zero-order chi connectivity index (χ0) is 26.1. The molecule has 0 bridgehead atoms. The zero-order valence-corrected chi connectivity index (χ0v) is 21.7. The van der Waals surface area contributed by atoms with Gasteiger partial charge in [0.05, 0.1) is 38.1 Å². The third-order valence-electron chi connectivity index (χ3n) is 6.38. The highest BCUT2D eigenvalue weighted by atomic mass is 35.5. The Hall–Kier alpha value is -2.65. The van der Waals surface area contributed by atoms with E-state index in [1.165, 1.54) is 0 Å². The molecule has 0 radical (unpaired) electrons. The Kier molecular flexibility index (Phi) is 11.4. The maximum Gasteiger partial charge on any atom is 0.416 e. The quantitative estimate of drug-likeness (QED) is 0.207. The Morgan fingerprint density at radius 1 is 0.895 bits per heavy atom. The molecule has 38 heavy (non-hydrogen) atoms. The van der Waals surface area contributed by atoms with Crippen LogP contribution in [0.3, 0.4) is 0 Å². The molecule has 0 spiro atoms. The van der Waals surface area contributed by atoms with Gasteiger partial charge in [0.1, 0.15) is 11.6 Å². The van der Waals surface area contributed by atoms with E-state index < -0.39 is 17.6 Å². The Labute approximate surface area is 226 Å². The molecule has 3 aromatic rings. The van der Waals surface area contributed by atoms with Gasteiger partial charge in [-0.15, -0.1) is 12.4 Å². The van der Waals surface area contributed by atoms with Gasteiger partial charge >= 0.3 is 6.18 Å². The van der Waals surface area contributed by atoms with Gasteiger partial charge in [-0.25, -0.2) is 4.39 Å². The Morgan fingerprint density at radius 3 is 2.39 bits per heavy atom. The predicted molar refractivity (Wildman–Crippen MR) is 140 cm³/mol. The van der Waals surface area contributed by atoms with Crippen LogP contribution in [-0.2, 0) is 28.9 Å². The summed E-state index contributed by atoms with van der Waals surface area (Å²) < 4.78 is 70.9. The molecule has 1 fully saturated rings. The molecule has 9 heteroatoms. The number of hydrogen-bond acceptors (Lipinski definition) is 4. The van der Waals surface area contributed by atoms with Crippen LogP contribution in [0.4, 0.5) is 17.6 Å². The van der Waals surface area contributed by atoms with Gasteiger partial charge in [0.2, 0.25) is 0 Å². The van der Waals surface area contributed by atoms with Gasteiger partial charge in [-0.05, 0) is 53.9 Å². The van der Waals surface area contributed by atoms with Crippen molar-refractivity contribution < 1.29 is 31.8 Å². The van der Waals surface area contributed by atoms with Crippen LogP contribution < -0.4 is 10.1 Å². The van der Waals surface area contributed by atoms with Crippen molar-refractivity contribution in [2.45, 2.75) is 44.3 Å². The van der Waals surface area contributed by atoms with Crippen molar-refractivity contribution >= 4 is 12.4 Å². The van der Waals surface area contributed by atoms with Crippen molar-refractivity contribution in [1.29, 1.82) is 0 Å². The zero-order valence-electron chi connectivity index (χ0n) is 20.9. The number of benzene rings is 3. The molecule has 0 aromatic heterocycles. The molecular formula is C29H32ClF4NO3. The summed E-state index contributed by atoms with van der Waals surface area (Å²) in [4.78, 5) is 0. The summed E-state index contributed by atoms with van der Waals surface area (Å²) in [6.07, 6.45) is -3.40. The summed E-state index contributed by atoms with van der Waals surface area (Å²) in [7, 11) is 0. The van der Waals surface area contributed by atoms with E-state index in [0.717, 1.165) is 48.4 Å². The highest BCUT2D eigenvalue weighted by Gasteiger charge is 2.34. The number of halogens is 5. The average molecular weight is 554 g/mol. The summed E-state index contributed by atoms with van der Waals surface area (Å²) in [5, 5.41) is 3.25. The molecule has 0 amide bonds. The fraction of sp³-hybridized carbons (Fsp3) is 0.379. The van der Waals surface area contributed by atoms with E-state index in [4.69, 9.17) is 14.2 Å². The molecule has 0 aliphatic carbocycles. The summed E-state index contributed by atoms with van der Waals surface area (Å²) in [6, 6.07) is 20.4.